The molecule has 40 heavy (non-hydrogen) atoms. The van der Waals surface area contributed by atoms with Crippen LogP contribution >= 0.6 is 11.6 Å². The minimum Gasteiger partial charge on any atom is -0.351 e. The zero-order valence-electron chi connectivity index (χ0n) is 22.5. The van der Waals surface area contributed by atoms with Gasteiger partial charge in [-0.3, -0.25) is 24.5 Å². The number of anilines is 1. The van der Waals surface area contributed by atoms with E-state index in [0.717, 1.165) is 55.1 Å². The first-order valence-electron chi connectivity index (χ1n) is 14.0. The third-order valence-corrected chi connectivity index (χ3v) is 8.52. The van der Waals surface area contributed by atoms with Crippen LogP contribution in [0.3, 0.4) is 0 Å². The molecule has 2 aliphatic heterocycles. The molecule has 9 nitrogen and oxygen atoms in total. The van der Waals surface area contributed by atoms with Crippen LogP contribution in [0, 0.1) is 11.7 Å². The molecule has 1 aromatic carbocycles. The van der Waals surface area contributed by atoms with E-state index in [0.29, 0.717) is 35.2 Å². The van der Waals surface area contributed by atoms with E-state index in [-0.39, 0.29) is 18.4 Å². The molecule has 3 aliphatic rings. The summed E-state index contributed by atoms with van der Waals surface area (Å²) < 4.78 is 16.8. The van der Waals surface area contributed by atoms with Crippen molar-refractivity contribution in [3.63, 3.8) is 0 Å². The molecular weight excluding hydrogens is 533 g/mol. The minimum atomic E-state index is -0.618. The minimum absolute atomic E-state index is 0.219. The number of aryl methyl sites for hydroxylation is 1. The molecule has 2 aromatic heterocycles. The number of carbonyl (C=O) groups is 2. The van der Waals surface area contributed by atoms with Crippen LogP contribution in [0.4, 0.5) is 10.3 Å². The fourth-order valence-electron chi connectivity index (χ4n) is 5.74. The zero-order valence-corrected chi connectivity index (χ0v) is 23.3. The van der Waals surface area contributed by atoms with Crippen molar-refractivity contribution in [2.75, 3.05) is 18.4 Å². The molecule has 2 amide bonds. The quantitative estimate of drug-likeness (QED) is 0.394. The first kappa shape index (κ1) is 26.8. The van der Waals surface area contributed by atoms with Gasteiger partial charge in [-0.1, -0.05) is 23.7 Å². The summed E-state index contributed by atoms with van der Waals surface area (Å²) in [5, 5.41) is 10.8. The summed E-state index contributed by atoms with van der Waals surface area (Å²) in [5.41, 5.74) is 4.05. The number of imide groups is 1. The molecule has 2 saturated heterocycles. The molecule has 3 fully saturated rings. The van der Waals surface area contributed by atoms with Gasteiger partial charge in [0.15, 0.2) is 0 Å². The molecular formula is C29H33ClFN7O2. The van der Waals surface area contributed by atoms with Crippen molar-refractivity contribution in [2.24, 2.45) is 13.0 Å². The molecule has 1 unspecified atom stereocenters. The SMILES string of the molecule is Cn1ncc(-c2nc(NC3CCN(Cc4ccc(C5CCC(=O)NC5=O)c(F)c4)CC3)ncc2Cl)c1CC1CC1. The lowest BCUT2D eigenvalue weighted by atomic mass is 9.89. The number of nitrogens with one attached hydrogen (secondary N) is 2. The number of amides is 2. The lowest BCUT2D eigenvalue weighted by Crippen LogP contribution is -2.40. The van der Waals surface area contributed by atoms with Crippen LogP contribution in [0.15, 0.2) is 30.6 Å². The van der Waals surface area contributed by atoms with Gasteiger partial charge in [0.25, 0.3) is 0 Å². The van der Waals surface area contributed by atoms with Crippen molar-refractivity contribution in [1.82, 2.24) is 30.0 Å². The summed E-state index contributed by atoms with van der Waals surface area (Å²) in [7, 11) is 1.96. The highest BCUT2D eigenvalue weighted by molar-refractivity contribution is 6.33. The maximum Gasteiger partial charge on any atom is 0.234 e. The topological polar surface area (TPSA) is 105 Å². The lowest BCUT2D eigenvalue weighted by molar-refractivity contribution is -0.134. The molecule has 0 bridgehead atoms. The third-order valence-electron chi connectivity index (χ3n) is 8.25. The molecule has 1 atom stereocenters. The number of likely N-dealkylation sites (tertiary alicyclic amines) is 1. The van der Waals surface area contributed by atoms with E-state index in [1.807, 2.05) is 24.0 Å². The van der Waals surface area contributed by atoms with Crippen LogP contribution in [0.1, 0.15) is 61.3 Å². The van der Waals surface area contributed by atoms with Gasteiger partial charge in [0, 0.05) is 56.0 Å². The highest BCUT2D eigenvalue weighted by Crippen LogP contribution is 2.37. The Labute approximate surface area is 237 Å². The van der Waals surface area contributed by atoms with Gasteiger partial charge in [-0.05, 0) is 56.1 Å². The number of halogens is 2. The molecule has 0 radical (unpaired) electrons. The van der Waals surface area contributed by atoms with Gasteiger partial charge in [0.05, 0.1) is 29.0 Å². The van der Waals surface area contributed by atoms with Crippen LogP contribution in [0.25, 0.3) is 11.3 Å². The van der Waals surface area contributed by atoms with E-state index in [2.05, 4.69) is 25.6 Å². The lowest BCUT2D eigenvalue weighted by Gasteiger charge is -2.32. The molecule has 1 saturated carbocycles. The number of rotatable bonds is 8. The van der Waals surface area contributed by atoms with Gasteiger partial charge < -0.3 is 5.32 Å². The van der Waals surface area contributed by atoms with Crippen LogP contribution in [-0.4, -0.2) is 55.6 Å². The van der Waals surface area contributed by atoms with Crippen LogP contribution in [0.5, 0.6) is 0 Å². The fraction of sp³-hybridized carbons (Fsp3) is 0.483. The van der Waals surface area contributed by atoms with Crippen molar-refractivity contribution < 1.29 is 14.0 Å². The molecule has 6 rings (SSSR count). The smallest absolute Gasteiger partial charge is 0.234 e. The average molecular weight is 566 g/mol. The summed E-state index contributed by atoms with van der Waals surface area (Å²) in [6.07, 6.45) is 9.37. The molecule has 11 heteroatoms. The van der Waals surface area contributed by atoms with E-state index in [1.165, 1.54) is 18.9 Å². The largest absolute Gasteiger partial charge is 0.351 e. The van der Waals surface area contributed by atoms with E-state index in [9.17, 15) is 14.0 Å². The van der Waals surface area contributed by atoms with Crippen LogP contribution in [0.2, 0.25) is 5.02 Å². The molecule has 0 spiro atoms. The summed E-state index contributed by atoms with van der Waals surface area (Å²) in [4.78, 5) is 35.1. The predicted molar refractivity (Wildman–Crippen MR) is 149 cm³/mol. The van der Waals surface area contributed by atoms with E-state index >= 15 is 0 Å². The highest BCUT2D eigenvalue weighted by Gasteiger charge is 2.30. The number of nitrogens with zero attached hydrogens (tertiary/aromatic N) is 5. The Morgan fingerprint density at radius 2 is 1.93 bits per heavy atom. The van der Waals surface area contributed by atoms with E-state index in [4.69, 9.17) is 16.6 Å². The van der Waals surface area contributed by atoms with Crippen LogP contribution in [-0.2, 0) is 29.6 Å². The number of benzene rings is 1. The van der Waals surface area contributed by atoms with Gasteiger partial charge in [-0.15, -0.1) is 0 Å². The second kappa shape index (κ2) is 11.2. The maximum absolute atomic E-state index is 14.9. The van der Waals surface area contributed by atoms with Crippen molar-refractivity contribution in [2.45, 2.75) is 63.5 Å². The third kappa shape index (κ3) is 5.88. The highest BCUT2D eigenvalue weighted by atomic mass is 35.5. The van der Waals surface area contributed by atoms with Crippen molar-refractivity contribution in [1.29, 1.82) is 0 Å². The average Bonchev–Trinajstić information content (AvgIpc) is 3.68. The Balaban J connectivity index is 1.05. The normalized spacial score (nSPS) is 20.5. The second-order valence-electron chi connectivity index (χ2n) is 11.2. The number of aromatic nitrogens is 4. The first-order chi connectivity index (χ1) is 19.3. The molecule has 2 N–H and O–H groups in total. The Hall–Kier alpha value is -3.37. The van der Waals surface area contributed by atoms with Gasteiger partial charge >= 0.3 is 0 Å². The van der Waals surface area contributed by atoms with E-state index in [1.54, 1.807) is 12.3 Å². The Kier molecular flexibility index (Phi) is 7.55. The number of piperidine rings is 2. The molecule has 4 heterocycles. The first-order valence-corrected chi connectivity index (χ1v) is 14.4. The Morgan fingerprint density at radius 1 is 1.12 bits per heavy atom. The summed E-state index contributed by atoms with van der Waals surface area (Å²) >= 11 is 6.52. The predicted octanol–water partition coefficient (Wildman–Crippen LogP) is 4.22. The standard InChI is InChI=1S/C29H33ClFN7O2/c1-37-25(13-17-2-3-17)22(14-33-37)27-23(30)15-32-29(36-27)34-19-8-10-38(11-9-19)16-18-4-5-20(24(31)12-18)21-6-7-26(39)35-28(21)40/h4-5,12,14-15,17,19,21H,2-3,6-11,13,16H2,1H3,(H,32,34,36)(H,35,39,40). The van der Waals surface area contributed by atoms with Crippen molar-refractivity contribution >= 4 is 29.4 Å². The second-order valence-corrected chi connectivity index (χ2v) is 11.6. The van der Waals surface area contributed by atoms with Gasteiger partial charge in [0.1, 0.15) is 5.82 Å². The zero-order chi connectivity index (χ0) is 27.8. The van der Waals surface area contributed by atoms with E-state index < -0.39 is 17.6 Å². The summed E-state index contributed by atoms with van der Waals surface area (Å²) in [6.45, 7) is 2.33. The van der Waals surface area contributed by atoms with Gasteiger partial charge in [0.2, 0.25) is 17.8 Å². The molecule has 3 aromatic rings. The summed E-state index contributed by atoms with van der Waals surface area (Å²) in [6, 6.07) is 5.30. The Bertz CT molecular complexity index is 1430. The number of carbonyl (C=O) groups excluding carboxylic acids is 2. The van der Waals surface area contributed by atoms with Gasteiger partial charge in [-0.25, -0.2) is 14.4 Å². The maximum atomic E-state index is 14.9. The number of hydrogen-bond acceptors (Lipinski definition) is 7. The summed E-state index contributed by atoms with van der Waals surface area (Å²) in [5.74, 6) is -0.457. The monoisotopic (exact) mass is 565 g/mol. The van der Waals surface area contributed by atoms with Crippen molar-refractivity contribution in [3.8, 4) is 11.3 Å². The van der Waals surface area contributed by atoms with Crippen molar-refractivity contribution in [3.05, 3.63) is 58.3 Å². The molecule has 1 aliphatic carbocycles. The molecule has 210 valence electrons. The van der Waals surface area contributed by atoms with Gasteiger partial charge in [-0.2, -0.15) is 5.10 Å². The van der Waals surface area contributed by atoms with Crippen LogP contribution < -0.4 is 10.6 Å². The Morgan fingerprint density at radius 3 is 2.65 bits per heavy atom. The number of hydrogen-bond donors (Lipinski definition) is 2. The fourth-order valence-corrected chi connectivity index (χ4v) is 5.93.